The maximum Gasteiger partial charge on any atom is 0.133 e. The molecule has 0 atom stereocenters. The van der Waals surface area contributed by atoms with Gasteiger partial charge < -0.3 is 0 Å². The van der Waals surface area contributed by atoms with Gasteiger partial charge in [-0.2, -0.15) is 0 Å². The van der Waals surface area contributed by atoms with Gasteiger partial charge in [-0.25, -0.2) is 0 Å². The molecular weight excluding hydrogens is 556 g/mol. The van der Waals surface area contributed by atoms with Crippen LogP contribution < -0.4 is 0 Å². The number of carbonyl (C=O) groups excluding carboxylic acids is 1. The molecule has 0 bridgehead atoms. The molecule has 240 valence electrons. The van der Waals surface area contributed by atoms with Gasteiger partial charge in [-0.3, -0.25) is 4.79 Å². The summed E-state index contributed by atoms with van der Waals surface area (Å²) in [4.78, 5) is 13.1. The lowest BCUT2D eigenvalue weighted by atomic mass is 9.74. The molecule has 0 saturated heterocycles. The van der Waals surface area contributed by atoms with Crippen LogP contribution in [0.4, 0.5) is 0 Å². The lowest BCUT2D eigenvalue weighted by Gasteiger charge is -2.30. The van der Waals surface area contributed by atoms with Crippen LogP contribution in [0.25, 0.3) is 22.3 Å². The van der Waals surface area contributed by atoms with Gasteiger partial charge in [0.05, 0.1) is 0 Å². The number of hydrogen-bond acceptors (Lipinski definition) is 1. The quantitative estimate of drug-likeness (QED) is 0.156. The van der Waals surface area contributed by atoms with Crippen molar-refractivity contribution in [3.8, 4) is 22.3 Å². The van der Waals surface area contributed by atoms with Crippen molar-refractivity contribution in [3.05, 3.63) is 119 Å². The number of carbonyl (C=O) groups is 1. The molecule has 1 heteroatoms. The summed E-state index contributed by atoms with van der Waals surface area (Å²) >= 11 is 0. The van der Waals surface area contributed by atoms with Crippen LogP contribution in [0.1, 0.15) is 125 Å². The first kappa shape index (κ1) is 32.5. The van der Waals surface area contributed by atoms with Gasteiger partial charge in [-0.05, 0) is 132 Å². The molecule has 0 aromatic heterocycles. The molecule has 2 saturated carbocycles. The van der Waals surface area contributed by atoms with Crippen molar-refractivity contribution in [3.63, 3.8) is 0 Å². The number of benzene rings is 4. The first-order valence-electron chi connectivity index (χ1n) is 18.5. The highest BCUT2D eigenvalue weighted by Gasteiger charge is 2.27. The minimum absolute atomic E-state index is 0.524. The lowest BCUT2D eigenvalue weighted by molar-refractivity contribution is -0.121. The molecule has 1 nitrogen and oxygen atoms in total. The average Bonchev–Trinajstić information content (AvgIpc) is 3.10. The number of aryl methyl sites for hydroxylation is 2. The van der Waals surface area contributed by atoms with Gasteiger partial charge in [-0.1, -0.05) is 124 Å². The van der Waals surface area contributed by atoms with E-state index in [1.54, 1.807) is 0 Å². The van der Waals surface area contributed by atoms with E-state index in [0.717, 1.165) is 25.7 Å². The van der Waals surface area contributed by atoms with Gasteiger partial charge in [-0.15, -0.1) is 0 Å². The summed E-state index contributed by atoms with van der Waals surface area (Å²) in [5, 5.41) is 0. The van der Waals surface area contributed by atoms with E-state index in [2.05, 4.69) is 111 Å². The molecule has 2 fully saturated rings. The predicted octanol–water partition coefficient (Wildman–Crippen LogP) is 12.5. The van der Waals surface area contributed by atoms with Crippen LogP contribution in [0.3, 0.4) is 0 Å². The molecule has 0 aliphatic heterocycles. The second-order valence-corrected chi connectivity index (χ2v) is 14.5. The Hall–Kier alpha value is -3.45. The van der Waals surface area contributed by atoms with Gasteiger partial charge in [0.2, 0.25) is 0 Å². The first-order chi connectivity index (χ1) is 22.6. The second-order valence-electron chi connectivity index (χ2n) is 14.5. The highest BCUT2D eigenvalue weighted by atomic mass is 16.1. The van der Waals surface area contributed by atoms with E-state index in [1.807, 2.05) is 0 Å². The van der Waals surface area contributed by atoms with Gasteiger partial charge in [0, 0.05) is 12.8 Å². The summed E-state index contributed by atoms with van der Waals surface area (Å²) in [5.41, 5.74) is 11.0. The standard InChI is InChI=1S/C45H54O/c1-3-5-33-7-15-37(16-8-33)41-23-27-43(28-24-41)39-19-11-35(12-20-39)31-45(46)32-36-13-21-40(22-14-36)44-29-25-42(26-30-44)38-17-9-34(6-4-2)10-18-38/h7-10,15-18,23-30,35-36,39-40H,3-6,11-14,19-22,31-32H2,1-2H3. The normalized spacial score (nSPS) is 21.6. The number of hydrogen-bond donors (Lipinski definition) is 0. The fourth-order valence-electron chi connectivity index (χ4n) is 8.33. The van der Waals surface area contributed by atoms with Gasteiger partial charge in [0.1, 0.15) is 5.78 Å². The molecule has 0 unspecified atom stereocenters. The van der Waals surface area contributed by atoms with E-state index in [-0.39, 0.29) is 0 Å². The third kappa shape index (κ3) is 8.47. The molecule has 0 radical (unpaired) electrons. The Morgan fingerprint density at radius 3 is 1.07 bits per heavy atom. The van der Waals surface area contributed by atoms with E-state index in [4.69, 9.17) is 0 Å². The Morgan fingerprint density at radius 1 is 0.457 bits per heavy atom. The molecule has 0 N–H and O–H groups in total. The van der Waals surface area contributed by atoms with Crippen molar-refractivity contribution in [2.24, 2.45) is 11.8 Å². The Kier molecular flexibility index (Phi) is 11.2. The summed E-state index contributed by atoms with van der Waals surface area (Å²) in [6, 6.07) is 36.8. The largest absolute Gasteiger partial charge is 0.300 e. The maximum atomic E-state index is 13.1. The highest BCUT2D eigenvalue weighted by Crippen LogP contribution is 2.40. The molecule has 6 rings (SSSR count). The molecule has 2 aliphatic carbocycles. The summed E-state index contributed by atoms with van der Waals surface area (Å²) < 4.78 is 0. The third-order valence-electron chi connectivity index (χ3n) is 11.1. The van der Waals surface area contributed by atoms with Gasteiger partial charge >= 0.3 is 0 Å². The van der Waals surface area contributed by atoms with Crippen molar-refractivity contribution < 1.29 is 4.79 Å². The number of rotatable bonds is 12. The van der Waals surface area contributed by atoms with Crippen molar-refractivity contribution >= 4 is 5.78 Å². The Bertz CT molecular complexity index is 1380. The summed E-state index contributed by atoms with van der Waals surface area (Å²) in [7, 11) is 0. The maximum absolute atomic E-state index is 13.1. The molecule has 4 aromatic rings. The van der Waals surface area contributed by atoms with Crippen molar-refractivity contribution in [2.45, 2.75) is 116 Å². The molecule has 0 heterocycles. The zero-order chi connectivity index (χ0) is 31.7. The second kappa shape index (κ2) is 15.9. The van der Waals surface area contributed by atoms with Crippen molar-refractivity contribution in [2.75, 3.05) is 0 Å². The summed E-state index contributed by atoms with van der Waals surface area (Å²) in [5.74, 6) is 2.98. The van der Waals surface area contributed by atoms with E-state index in [1.165, 1.54) is 109 Å². The fraction of sp³-hybridized carbons (Fsp3) is 0.444. The van der Waals surface area contributed by atoms with Crippen molar-refractivity contribution in [1.82, 2.24) is 0 Å². The van der Waals surface area contributed by atoms with Crippen molar-refractivity contribution in [1.29, 1.82) is 0 Å². The third-order valence-corrected chi connectivity index (χ3v) is 11.1. The molecule has 2 aliphatic rings. The SMILES string of the molecule is CCCc1ccc(-c2ccc(C3CCC(CC(=O)CC4CCC(c5ccc(-c6ccc(CCC)cc6)cc5)CC4)CC3)cc2)cc1. The molecule has 46 heavy (non-hydrogen) atoms. The average molecular weight is 611 g/mol. The van der Waals surface area contributed by atoms with E-state index >= 15 is 0 Å². The molecular formula is C45H54O. The van der Waals surface area contributed by atoms with Crippen LogP contribution in [-0.2, 0) is 17.6 Å². The smallest absolute Gasteiger partial charge is 0.133 e. The molecule has 0 amide bonds. The van der Waals surface area contributed by atoms with E-state index in [0.29, 0.717) is 29.5 Å². The predicted molar refractivity (Wildman–Crippen MR) is 195 cm³/mol. The van der Waals surface area contributed by atoms with Crippen LogP contribution in [0, 0.1) is 11.8 Å². The minimum atomic E-state index is 0.524. The molecule has 0 spiro atoms. The highest BCUT2D eigenvalue weighted by molar-refractivity contribution is 5.79. The van der Waals surface area contributed by atoms with Crippen LogP contribution in [0.5, 0.6) is 0 Å². The van der Waals surface area contributed by atoms with Crippen LogP contribution in [0.2, 0.25) is 0 Å². The number of Topliss-reactive ketones (excluding diaryl/α,β-unsaturated/α-hetero) is 1. The van der Waals surface area contributed by atoms with Crippen LogP contribution >= 0.6 is 0 Å². The monoisotopic (exact) mass is 610 g/mol. The van der Waals surface area contributed by atoms with Gasteiger partial charge in [0.15, 0.2) is 0 Å². The zero-order valence-corrected chi connectivity index (χ0v) is 28.4. The Balaban J connectivity index is 0.910. The fourth-order valence-corrected chi connectivity index (χ4v) is 8.33. The van der Waals surface area contributed by atoms with E-state index < -0.39 is 0 Å². The van der Waals surface area contributed by atoms with Crippen LogP contribution in [0.15, 0.2) is 97.1 Å². The summed E-state index contributed by atoms with van der Waals surface area (Å²) in [6.45, 7) is 4.47. The Morgan fingerprint density at radius 2 is 0.761 bits per heavy atom. The minimum Gasteiger partial charge on any atom is -0.300 e. The Labute approximate surface area is 278 Å². The number of ketones is 1. The molecule has 4 aromatic carbocycles. The van der Waals surface area contributed by atoms with E-state index in [9.17, 15) is 4.79 Å². The summed E-state index contributed by atoms with van der Waals surface area (Å²) in [6.07, 6.45) is 16.0. The first-order valence-corrected chi connectivity index (χ1v) is 18.5. The van der Waals surface area contributed by atoms with Gasteiger partial charge in [0.25, 0.3) is 0 Å². The van der Waals surface area contributed by atoms with Crippen LogP contribution in [-0.4, -0.2) is 5.78 Å². The topological polar surface area (TPSA) is 17.1 Å². The zero-order valence-electron chi connectivity index (χ0n) is 28.4. The lowest BCUT2D eigenvalue weighted by Crippen LogP contribution is -2.20.